The van der Waals surface area contributed by atoms with Gasteiger partial charge >= 0.3 is 0 Å². The molecule has 4 heteroatoms. The molecule has 0 bridgehead atoms. The van der Waals surface area contributed by atoms with Crippen molar-refractivity contribution in [1.29, 1.82) is 0 Å². The molecule has 0 aliphatic carbocycles. The van der Waals surface area contributed by atoms with Crippen LogP contribution in [0.2, 0.25) is 0 Å². The molecule has 0 N–H and O–H groups in total. The summed E-state index contributed by atoms with van der Waals surface area (Å²) in [4.78, 5) is 17.4. The van der Waals surface area contributed by atoms with Crippen molar-refractivity contribution in [2.45, 2.75) is 65.2 Å². The van der Waals surface area contributed by atoms with Crippen LogP contribution in [0.15, 0.2) is 76.7 Å². The van der Waals surface area contributed by atoms with Crippen LogP contribution >= 0.6 is 11.3 Å². The monoisotopic (exact) mass is 477 g/mol. The molecule has 0 aliphatic heterocycles. The molecular weight excluding hydrogens is 441 g/mol. The van der Waals surface area contributed by atoms with Gasteiger partial charge in [-0.3, -0.25) is 9.79 Å². The van der Waals surface area contributed by atoms with E-state index in [-0.39, 0.29) is 11.6 Å². The van der Waals surface area contributed by atoms with E-state index in [4.69, 9.17) is 0 Å². The summed E-state index contributed by atoms with van der Waals surface area (Å²) in [6, 6.07) is 8.41. The number of unbranched alkanes of at least 4 members (excludes halogenated alkanes) is 3. The van der Waals surface area contributed by atoms with Crippen LogP contribution < -0.4 is 9.75 Å². The maximum Gasteiger partial charge on any atom is 0.181 e. The molecule has 1 aromatic heterocycles. The van der Waals surface area contributed by atoms with E-state index in [1.807, 2.05) is 30.7 Å². The number of nitrogens with zero attached hydrogens (tertiary/aromatic N) is 1. The highest BCUT2D eigenvalue weighted by Gasteiger charge is 2.06. The summed E-state index contributed by atoms with van der Waals surface area (Å²) in [5.41, 5.74) is 3.86. The molecule has 180 valence electrons. The van der Waals surface area contributed by atoms with E-state index in [9.17, 15) is 9.18 Å². The summed E-state index contributed by atoms with van der Waals surface area (Å²) >= 11 is 1.67. The van der Waals surface area contributed by atoms with E-state index in [1.54, 1.807) is 29.5 Å². The second-order valence-electron chi connectivity index (χ2n) is 8.50. The van der Waals surface area contributed by atoms with E-state index in [2.05, 4.69) is 31.2 Å². The van der Waals surface area contributed by atoms with Gasteiger partial charge in [0.1, 0.15) is 5.82 Å². The lowest BCUT2D eigenvalue weighted by Gasteiger charge is -2.05. The van der Waals surface area contributed by atoms with Crippen molar-refractivity contribution in [3.05, 3.63) is 92.8 Å². The number of halogens is 1. The summed E-state index contributed by atoms with van der Waals surface area (Å²) in [5.74, 6) is -0.169. The Morgan fingerprint density at radius 2 is 1.88 bits per heavy atom. The third kappa shape index (κ3) is 9.96. The van der Waals surface area contributed by atoms with Gasteiger partial charge in [0.05, 0.1) is 10.2 Å². The second kappa shape index (κ2) is 15.1. The van der Waals surface area contributed by atoms with Crippen molar-refractivity contribution >= 4 is 35.6 Å². The minimum absolute atomic E-state index is 0.0779. The van der Waals surface area contributed by atoms with Crippen LogP contribution in [0, 0.1) is 5.82 Å². The molecule has 34 heavy (non-hydrogen) atoms. The third-order valence-electron chi connectivity index (χ3n) is 5.36. The molecular formula is C30H36FNOS. The zero-order chi connectivity index (χ0) is 24.8. The Labute approximate surface area is 207 Å². The number of thiophene rings is 1. The topological polar surface area (TPSA) is 29.4 Å². The Hall–Kier alpha value is -2.85. The highest BCUT2D eigenvalue weighted by molar-refractivity contribution is 7.07. The third-order valence-corrected chi connectivity index (χ3v) is 6.37. The smallest absolute Gasteiger partial charge is 0.181 e. The van der Waals surface area contributed by atoms with Gasteiger partial charge in [0.15, 0.2) is 5.78 Å². The van der Waals surface area contributed by atoms with Gasteiger partial charge < -0.3 is 0 Å². The highest BCUT2D eigenvalue weighted by atomic mass is 32.1. The van der Waals surface area contributed by atoms with Gasteiger partial charge in [-0.15, -0.1) is 11.3 Å². The summed E-state index contributed by atoms with van der Waals surface area (Å²) in [6.07, 6.45) is 14.7. The Balaban J connectivity index is 1.95. The molecule has 0 aliphatic rings. The molecule has 0 unspecified atom stereocenters. The van der Waals surface area contributed by atoms with Crippen LogP contribution in [-0.2, 0) is 11.2 Å². The number of aliphatic imine (C=N–C) groups is 1. The number of carbonyl (C=O) groups is 1. The van der Waals surface area contributed by atoms with Crippen LogP contribution in [0.5, 0.6) is 0 Å². The summed E-state index contributed by atoms with van der Waals surface area (Å²) in [5, 5.41) is 3.06. The van der Waals surface area contributed by atoms with Gasteiger partial charge in [-0.2, -0.15) is 0 Å². The Bertz CT molecular complexity index is 1140. The van der Waals surface area contributed by atoms with Gasteiger partial charge in [0.2, 0.25) is 0 Å². The molecule has 0 fully saturated rings. The molecule has 0 amide bonds. The molecule has 0 atom stereocenters. The highest BCUT2D eigenvalue weighted by Crippen LogP contribution is 2.15. The molecule has 0 spiro atoms. The predicted octanol–water partition coefficient (Wildman–Crippen LogP) is 7.10. The first-order valence-corrected chi connectivity index (χ1v) is 12.9. The van der Waals surface area contributed by atoms with E-state index < -0.39 is 0 Å². The van der Waals surface area contributed by atoms with E-state index in [1.165, 1.54) is 12.1 Å². The molecule has 0 radical (unpaired) electrons. The fourth-order valence-corrected chi connectivity index (χ4v) is 4.33. The standard InChI is InChI=1S/C30H36FNOS/c1-5-6-12-26(29(33)15-10-11-25-16-18-27(31)19-17-25)13-8-7-9-14-28(32-22-23(2)3)30-24(4)20-21-34-30/h10,13,15-22H,2,4-9,11-12,14H2,1,3H3/b15-10+,26-13-,30-28?,32-22?. The first-order chi connectivity index (χ1) is 16.4. The van der Waals surface area contributed by atoms with E-state index >= 15 is 0 Å². The Morgan fingerprint density at radius 3 is 2.53 bits per heavy atom. The van der Waals surface area contributed by atoms with Gasteiger partial charge in [0.25, 0.3) is 0 Å². The van der Waals surface area contributed by atoms with Crippen molar-refractivity contribution in [3.63, 3.8) is 0 Å². The van der Waals surface area contributed by atoms with Crippen molar-refractivity contribution in [3.8, 4) is 0 Å². The number of ketones is 1. The largest absolute Gasteiger partial charge is 0.290 e. The van der Waals surface area contributed by atoms with Crippen LogP contribution in [-0.4, -0.2) is 12.0 Å². The maximum atomic E-state index is 13.0. The lowest BCUT2D eigenvalue weighted by Crippen LogP contribution is -2.18. The summed E-state index contributed by atoms with van der Waals surface area (Å²) in [7, 11) is 0. The molecule has 0 saturated carbocycles. The fourth-order valence-electron chi connectivity index (χ4n) is 3.45. The van der Waals surface area contributed by atoms with E-state index in [0.717, 1.165) is 77.1 Å². The normalized spacial score (nSPS) is 13.1. The average Bonchev–Trinajstić information content (AvgIpc) is 3.24. The molecule has 1 heterocycles. The molecule has 0 saturated heterocycles. The van der Waals surface area contributed by atoms with Crippen LogP contribution in [0.4, 0.5) is 4.39 Å². The molecule has 2 aromatic rings. The van der Waals surface area contributed by atoms with E-state index in [0.29, 0.717) is 6.42 Å². The first-order valence-electron chi connectivity index (χ1n) is 12.0. The maximum absolute atomic E-state index is 13.0. The number of hydrogen-bond acceptors (Lipinski definition) is 3. The zero-order valence-corrected chi connectivity index (χ0v) is 21.3. The van der Waals surface area contributed by atoms with Gasteiger partial charge in [-0.25, -0.2) is 4.39 Å². The number of rotatable bonds is 14. The van der Waals surface area contributed by atoms with Crippen molar-refractivity contribution in [2.24, 2.45) is 4.99 Å². The van der Waals surface area contributed by atoms with Crippen LogP contribution in [0.25, 0.3) is 12.3 Å². The predicted molar refractivity (Wildman–Crippen MR) is 146 cm³/mol. The number of allylic oxidation sites excluding steroid dienone is 5. The van der Waals surface area contributed by atoms with Crippen LogP contribution in [0.1, 0.15) is 64.4 Å². The van der Waals surface area contributed by atoms with Crippen molar-refractivity contribution in [2.75, 3.05) is 0 Å². The zero-order valence-electron chi connectivity index (χ0n) is 20.5. The minimum Gasteiger partial charge on any atom is -0.290 e. The molecule has 2 rings (SSSR count). The number of carbonyl (C=O) groups excluding carboxylic acids is 1. The van der Waals surface area contributed by atoms with Crippen molar-refractivity contribution < 1.29 is 9.18 Å². The second-order valence-corrected chi connectivity index (χ2v) is 9.42. The lowest BCUT2D eigenvalue weighted by atomic mass is 10.0. The molecule has 2 nitrogen and oxygen atoms in total. The summed E-state index contributed by atoms with van der Waals surface area (Å²) in [6.45, 7) is 12.1. The minimum atomic E-state index is -0.247. The van der Waals surface area contributed by atoms with Gasteiger partial charge in [-0.1, -0.05) is 50.8 Å². The first kappa shape index (κ1) is 27.4. The Morgan fingerprint density at radius 1 is 1.12 bits per heavy atom. The molecule has 1 aromatic carbocycles. The SMILES string of the molecule is C=C(C)C=NC(CCCC/C=C(/CCCC)C(=O)/C=C/Cc1ccc(F)cc1)=c1sccc1=C. The average molecular weight is 478 g/mol. The quantitative estimate of drug-likeness (QED) is 0.162. The van der Waals surface area contributed by atoms with Crippen molar-refractivity contribution in [1.82, 2.24) is 0 Å². The van der Waals surface area contributed by atoms with Crippen LogP contribution in [0.3, 0.4) is 0 Å². The summed E-state index contributed by atoms with van der Waals surface area (Å²) < 4.78 is 14.2. The fraction of sp³-hybridized carbons (Fsp3) is 0.333. The van der Waals surface area contributed by atoms with Gasteiger partial charge in [0, 0.05) is 6.21 Å². The number of benzene rings is 1. The Kier molecular flexibility index (Phi) is 12.2. The number of hydrogen-bond donors (Lipinski definition) is 0. The van der Waals surface area contributed by atoms with Gasteiger partial charge in [-0.05, 0) is 103 Å². The lowest BCUT2D eigenvalue weighted by molar-refractivity contribution is -0.111.